The number of nitrogens with one attached hydrogen (secondary N) is 2. The summed E-state index contributed by atoms with van der Waals surface area (Å²) in [6.45, 7) is 7.85. The molecule has 0 radical (unpaired) electrons. The number of amides is 2. The van der Waals surface area contributed by atoms with Crippen molar-refractivity contribution < 1.29 is 14.7 Å². The van der Waals surface area contributed by atoms with E-state index in [1.165, 1.54) is 0 Å². The molecule has 5 nitrogen and oxygen atoms in total. The average molecular weight is 306 g/mol. The molecule has 1 aromatic carbocycles. The van der Waals surface area contributed by atoms with Crippen LogP contribution in [0.3, 0.4) is 0 Å². The fourth-order valence-electron chi connectivity index (χ4n) is 2.07. The predicted octanol–water partition coefficient (Wildman–Crippen LogP) is 1.70. The number of aliphatic hydroxyl groups is 1. The zero-order chi connectivity index (χ0) is 16.8. The van der Waals surface area contributed by atoms with Crippen LogP contribution >= 0.6 is 0 Å². The lowest BCUT2D eigenvalue weighted by Gasteiger charge is -2.17. The zero-order valence-corrected chi connectivity index (χ0v) is 13.8. The van der Waals surface area contributed by atoms with E-state index >= 15 is 0 Å². The Hall–Kier alpha value is -1.88. The smallest absolute Gasteiger partial charge is 0.239 e. The summed E-state index contributed by atoms with van der Waals surface area (Å²) < 4.78 is 0. The van der Waals surface area contributed by atoms with Gasteiger partial charge in [0.15, 0.2) is 0 Å². The van der Waals surface area contributed by atoms with Gasteiger partial charge >= 0.3 is 0 Å². The Morgan fingerprint density at radius 1 is 1.14 bits per heavy atom. The second-order valence-corrected chi connectivity index (χ2v) is 6.69. The predicted molar refractivity (Wildman–Crippen MR) is 86.2 cm³/mol. The maximum atomic E-state index is 11.7. The van der Waals surface area contributed by atoms with E-state index in [1.54, 1.807) is 0 Å². The monoisotopic (exact) mass is 306 g/mol. The Morgan fingerprint density at radius 2 is 1.77 bits per heavy atom. The molecule has 0 heterocycles. The minimum absolute atomic E-state index is 0.0740. The van der Waals surface area contributed by atoms with Gasteiger partial charge in [-0.15, -0.1) is 0 Å². The summed E-state index contributed by atoms with van der Waals surface area (Å²) in [5, 5.41) is 15.3. The molecule has 0 aliphatic rings. The quantitative estimate of drug-likeness (QED) is 0.748. The second-order valence-electron chi connectivity index (χ2n) is 6.69. The summed E-state index contributed by atoms with van der Waals surface area (Å²) in [6, 6.07) is 7.49. The van der Waals surface area contributed by atoms with Crippen molar-refractivity contribution in [2.75, 3.05) is 13.1 Å². The molecule has 0 spiro atoms. The largest absolute Gasteiger partial charge is 0.387 e. The van der Waals surface area contributed by atoms with Gasteiger partial charge in [-0.1, -0.05) is 45.0 Å². The van der Waals surface area contributed by atoms with Crippen LogP contribution in [0.1, 0.15) is 44.4 Å². The molecule has 0 aliphatic heterocycles. The molecule has 0 bridgehead atoms. The van der Waals surface area contributed by atoms with Gasteiger partial charge in [-0.25, -0.2) is 0 Å². The molecule has 3 N–H and O–H groups in total. The first kappa shape index (κ1) is 18.2. The average Bonchev–Trinajstić information content (AvgIpc) is 2.41. The van der Waals surface area contributed by atoms with Gasteiger partial charge in [-0.3, -0.25) is 9.59 Å². The SMILES string of the molecule is Cc1ccccc1C(O)CNC(=O)CNC(=O)CC(C)(C)C. The first-order chi connectivity index (χ1) is 10.2. The van der Waals surface area contributed by atoms with Crippen LogP contribution in [-0.2, 0) is 9.59 Å². The van der Waals surface area contributed by atoms with Crippen LogP contribution in [0.25, 0.3) is 0 Å². The lowest BCUT2D eigenvalue weighted by Crippen LogP contribution is -2.39. The van der Waals surface area contributed by atoms with E-state index in [0.717, 1.165) is 11.1 Å². The molecule has 5 heteroatoms. The molecule has 1 atom stereocenters. The van der Waals surface area contributed by atoms with Crippen molar-refractivity contribution in [1.29, 1.82) is 0 Å². The molecule has 0 aliphatic carbocycles. The van der Waals surface area contributed by atoms with Crippen LogP contribution in [0.4, 0.5) is 0 Å². The highest BCUT2D eigenvalue weighted by Crippen LogP contribution is 2.17. The van der Waals surface area contributed by atoms with Crippen LogP contribution in [0.2, 0.25) is 0 Å². The number of hydrogen-bond acceptors (Lipinski definition) is 3. The summed E-state index contributed by atoms with van der Waals surface area (Å²) in [7, 11) is 0. The van der Waals surface area contributed by atoms with Gasteiger partial charge in [0.25, 0.3) is 0 Å². The minimum atomic E-state index is -0.754. The Morgan fingerprint density at radius 3 is 2.36 bits per heavy atom. The van der Waals surface area contributed by atoms with Crippen molar-refractivity contribution >= 4 is 11.8 Å². The number of benzene rings is 1. The first-order valence-electron chi connectivity index (χ1n) is 7.46. The van der Waals surface area contributed by atoms with Crippen molar-refractivity contribution in [1.82, 2.24) is 10.6 Å². The fraction of sp³-hybridized carbons (Fsp3) is 0.529. The van der Waals surface area contributed by atoms with E-state index in [1.807, 2.05) is 52.0 Å². The van der Waals surface area contributed by atoms with Gasteiger partial charge in [0, 0.05) is 13.0 Å². The van der Waals surface area contributed by atoms with E-state index in [-0.39, 0.29) is 30.3 Å². The number of aryl methyl sites for hydroxylation is 1. The van der Waals surface area contributed by atoms with E-state index in [9.17, 15) is 14.7 Å². The fourth-order valence-corrected chi connectivity index (χ4v) is 2.07. The summed E-state index contributed by atoms with van der Waals surface area (Å²) in [6.07, 6.45) is -0.387. The molecule has 1 aromatic rings. The Bertz CT molecular complexity index is 521. The lowest BCUT2D eigenvalue weighted by atomic mass is 9.92. The summed E-state index contributed by atoms with van der Waals surface area (Å²) in [4.78, 5) is 23.3. The number of aliphatic hydroxyl groups excluding tert-OH is 1. The lowest BCUT2D eigenvalue weighted by molar-refractivity contribution is -0.127. The molecule has 1 unspecified atom stereocenters. The Labute approximate surface area is 132 Å². The molecule has 22 heavy (non-hydrogen) atoms. The third-order valence-electron chi connectivity index (χ3n) is 3.18. The molecule has 0 saturated heterocycles. The topological polar surface area (TPSA) is 78.4 Å². The Balaban J connectivity index is 2.34. The van der Waals surface area contributed by atoms with Crippen molar-refractivity contribution in [3.05, 3.63) is 35.4 Å². The van der Waals surface area contributed by atoms with Gasteiger partial charge in [-0.2, -0.15) is 0 Å². The number of carbonyl (C=O) groups excluding carboxylic acids is 2. The van der Waals surface area contributed by atoms with Crippen molar-refractivity contribution in [2.24, 2.45) is 5.41 Å². The molecular weight excluding hydrogens is 280 g/mol. The van der Waals surface area contributed by atoms with Gasteiger partial charge in [-0.05, 0) is 23.5 Å². The van der Waals surface area contributed by atoms with E-state index in [4.69, 9.17) is 0 Å². The van der Waals surface area contributed by atoms with E-state index in [2.05, 4.69) is 10.6 Å². The second kappa shape index (κ2) is 7.94. The Kier molecular flexibility index (Phi) is 6.56. The summed E-state index contributed by atoms with van der Waals surface area (Å²) in [5.41, 5.74) is 1.66. The summed E-state index contributed by atoms with van der Waals surface area (Å²) in [5.74, 6) is -0.461. The van der Waals surface area contributed by atoms with E-state index < -0.39 is 6.10 Å². The molecule has 1 rings (SSSR count). The molecule has 0 aromatic heterocycles. The number of hydrogen-bond donors (Lipinski definition) is 3. The molecule has 0 saturated carbocycles. The van der Waals surface area contributed by atoms with Crippen LogP contribution in [-0.4, -0.2) is 30.0 Å². The van der Waals surface area contributed by atoms with Gasteiger partial charge in [0.2, 0.25) is 11.8 Å². The molecule has 0 fully saturated rings. The van der Waals surface area contributed by atoms with Crippen LogP contribution in [0, 0.1) is 12.3 Å². The first-order valence-corrected chi connectivity index (χ1v) is 7.46. The minimum Gasteiger partial charge on any atom is -0.387 e. The highest BCUT2D eigenvalue weighted by molar-refractivity contribution is 5.84. The third kappa shape index (κ3) is 6.72. The maximum absolute atomic E-state index is 11.7. The summed E-state index contributed by atoms with van der Waals surface area (Å²) >= 11 is 0. The highest BCUT2D eigenvalue weighted by atomic mass is 16.3. The molecular formula is C17H26N2O3. The van der Waals surface area contributed by atoms with Gasteiger partial charge < -0.3 is 15.7 Å². The van der Waals surface area contributed by atoms with Crippen LogP contribution in [0.5, 0.6) is 0 Å². The van der Waals surface area contributed by atoms with Crippen molar-refractivity contribution in [3.8, 4) is 0 Å². The number of carbonyl (C=O) groups is 2. The highest BCUT2D eigenvalue weighted by Gasteiger charge is 2.16. The number of rotatable bonds is 6. The molecule has 2 amide bonds. The van der Waals surface area contributed by atoms with Crippen LogP contribution < -0.4 is 10.6 Å². The normalized spacial score (nSPS) is 12.6. The maximum Gasteiger partial charge on any atom is 0.239 e. The van der Waals surface area contributed by atoms with Gasteiger partial charge in [0.05, 0.1) is 12.6 Å². The van der Waals surface area contributed by atoms with Crippen molar-refractivity contribution in [3.63, 3.8) is 0 Å². The standard InChI is InChI=1S/C17H26N2O3/c1-12-7-5-6-8-13(12)14(20)10-18-16(22)11-19-15(21)9-17(2,3)4/h5-8,14,20H,9-11H2,1-4H3,(H,18,22)(H,19,21). The third-order valence-corrected chi connectivity index (χ3v) is 3.18. The van der Waals surface area contributed by atoms with E-state index in [0.29, 0.717) is 6.42 Å². The van der Waals surface area contributed by atoms with Crippen molar-refractivity contribution in [2.45, 2.75) is 40.2 Å². The zero-order valence-electron chi connectivity index (χ0n) is 13.8. The van der Waals surface area contributed by atoms with Gasteiger partial charge in [0.1, 0.15) is 0 Å². The molecule has 122 valence electrons. The van der Waals surface area contributed by atoms with Crippen LogP contribution in [0.15, 0.2) is 24.3 Å².